The quantitative estimate of drug-likeness (QED) is 0.527. The van der Waals surface area contributed by atoms with Gasteiger partial charge in [0.25, 0.3) is 0 Å². The summed E-state index contributed by atoms with van der Waals surface area (Å²) in [5, 5.41) is 0.364. The number of halogens is 2. The van der Waals surface area contributed by atoms with E-state index in [9.17, 15) is 0 Å². The molecular weight excluding hydrogens is 215 g/mol. The summed E-state index contributed by atoms with van der Waals surface area (Å²) in [6, 6.07) is 0. The highest BCUT2D eigenvalue weighted by Crippen LogP contribution is 2.16. The van der Waals surface area contributed by atoms with Crippen LogP contribution in [0, 0.1) is 0 Å². The Bertz CT molecular complexity index is 184. The lowest BCUT2D eigenvalue weighted by Crippen LogP contribution is -1.84. The number of rotatable bonds is 3. The van der Waals surface area contributed by atoms with E-state index in [1.165, 1.54) is 7.11 Å². The summed E-state index contributed by atoms with van der Waals surface area (Å²) in [5.74, 6) is 0.517. The van der Waals surface area contributed by atoms with Gasteiger partial charge < -0.3 is 4.74 Å². The average molecular weight is 223 g/mol. The molecule has 0 bridgehead atoms. The molecule has 0 saturated carbocycles. The Hall–Kier alpha value is -0.210. The molecule has 0 heterocycles. The normalized spacial score (nSPS) is 10.9. The SMILES string of the molecule is C=C(Br)/C=C(/OC)C(=C)Cl. The van der Waals surface area contributed by atoms with Crippen LogP contribution in [0.2, 0.25) is 0 Å². The van der Waals surface area contributed by atoms with Gasteiger partial charge in [0.15, 0.2) is 0 Å². The number of allylic oxidation sites excluding steroid dienone is 3. The van der Waals surface area contributed by atoms with Gasteiger partial charge in [-0.1, -0.05) is 40.7 Å². The Morgan fingerprint density at radius 1 is 1.60 bits per heavy atom. The van der Waals surface area contributed by atoms with Gasteiger partial charge in [-0.15, -0.1) is 0 Å². The summed E-state index contributed by atoms with van der Waals surface area (Å²) < 4.78 is 5.56. The zero-order valence-electron chi connectivity index (χ0n) is 5.66. The predicted octanol–water partition coefficient (Wildman–Crippen LogP) is 3.18. The van der Waals surface area contributed by atoms with E-state index < -0.39 is 0 Å². The second-order valence-electron chi connectivity index (χ2n) is 1.56. The van der Waals surface area contributed by atoms with Crippen LogP contribution in [0.4, 0.5) is 0 Å². The lowest BCUT2D eigenvalue weighted by molar-refractivity contribution is 0.305. The lowest BCUT2D eigenvalue weighted by Gasteiger charge is -2.01. The molecule has 0 radical (unpaired) electrons. The van der Waals surface area contributed by atoms with Gasteiger partial charge in [0, 0.05) is 4.48 Å². The van der Waals surface area contributed by atoms with Crippen molar-refractivity contribution in [3.05, 3.63) is 34.5 Å². The molecule has 0 fully saturated rings. The first-order valence-electron chi connectivity index (χ1n) is 2.52. The molecule has 0 amide bonds. The van der Waals surface area contributed by atoms with E-state index >= 15 is 0 Å². The molecule has 0 aromatic heterocycles. The lowest BCUT2D eigenvalue weighted by atomic mass is 10.4. The maximum atomic E-state index is 5.54. The van der Waals surface area contributed by atoms with Crippen molar-refractivity contribution in [3.63, 3.8) is 0 Å². The van der Waals surface area contributed by atoms with Crippen LogP contribution in [0.3, 0.4) is 0 Å². The van der Waals surface area contributed by atoms with Gasteiger partial charge in [-0.05, 0) is 6.08 Å². The van der Waals surface area contributed by atoms with Gasteiger partial charge >= 0.3 is 0 Å². The Labute approximate surface area is 74.1 Å². The molecule has 3 heteroatoms. The zero-order valence-corrected chi connectivity index (χ0v) is 8.00. The minimum Gasteiger partial charge on any atom is -0.495 e. The minimum absolute atomic E-state index is 0.364. The highest BCUT2D eigenvalue weighted by atomic mass is 79.9. The Kier molecular flexibility index (Phi) is 4.49. The third kappa shape index (κ3) is 3.75. The van der Waals surface area contributed by atoms with Gasteiger partial charge in [0.2, 0.25) is 0 Å². The third-order valence-electron chi connectivity index (χ3n) is 0.775. The smallest absolute Gasteiger partial charge is 0.137 e. The van der Waals surface area contributed by atoms with Crippen LogP contribution in [0.1, 0.15) is 0 Å². The molecule has 0 rings (SSSR count). The Morgan fingerprint density at radius 3 is 2.20 bits per heavy atom. The van der Waals surface area contributed by atoms with Crippen molar-refractivity contribution in [3.8, 4) is 0 Å². The second-order valence-corrected chi connectivity index (χ2v) is 3.04. The number of hydrogen-bond donors (Lipinski definition) is 0. The molecule has 0 atom stereocenters. The molecule has 0 spiro atoms. The summed E-state index contributed by atoms with van der Waals surface area (Å²) in [5.41, 5.74) is 0. The summed E-state index contributed by atoms with van der Waals surface area (Å²) in [7, 11) is 1.52. The molecule has 0 N–H and O–H groups in total. The fourth-order valence-electron chi connectivity index (χ4n) is 0.390. The van der Waals surface area contributed by atoms with Crippen molar-refractivity contribution in [2.75, 3.05) is 7.11 Å². The molecule has 10 heavy (non-hydrogen) atoms. The number of hydrogen-bond acceptors (Lipinski definition) is 1. The topological polar surface area (TPSA) is 9.23 Å². The number of ether oxygens (including phenoxy) is 1. The van der Waals surface area contributed by atoms with Crippen molar-refractivity contribution in [2.45, 2.75) is 0 Å². The van der Waals surface area contributed by atoms with Gasteiger partial charge in [-0.3, -0.25) is 0 Å². The second kappa shape index (κ2) is 4.58. The number of methoxy groups -OCH3 is 1. The van der Waals surface area contributed by atoms with Crippen molar-refractivity contribution < 1.29 is 4.74 Å². The van der Waals surface area contributed by atoms with Crippen LogP contribution in [0.15, 0.2) is 34.5 Å². The summed E-state index contributed by atoms with van der Waals surface area (Å²) in [6.07, 6.45) is 1.65. The highest BCUT2D eigenvalue weighted by Gasteiger charge is 1.97. The average Bonchev–Trinajstić information content (AvgIpc) is 1.81. The van der Waals surface area contributed by atoms with Crippen molar-refractivity contribution in [1.29, 1.82) is 0 Å². The maximum absolute atomic E-state index is 5.54. The highest BCUT2D eigenvalue weighted by molar-refractivity contribution is 9.11. The van der Waals surface area contributed by atoms with Crippen molar-refractivity contribution >= 4 is 27.5 Å². The van der Waals surface area contributed by atoms with E-state index in [4.69, 9.17) is 16.3 Å². The zero-order chi connectivity index (χ0) is 8.15. The molecule has 0 unspecified atom stereocenters. The molecule has 0 aliphatic carbocycles. The van der Waals surface area contributed by atoms with E-state index in [-0.39, 0.29) is 0 Å². The minimum atomic E-state index is 0.364. The van der Waals surface area contributed by atoms with E-state index in [1.807, 2.05) is 0 Å². The summed E-state index contributed by atoms with van der Waals surface area (Å²) >= 11 is 8.67. The van der Waals surface area contributed by atoms with Crippen LogP contribution in [-0.2, 0) is 4.74 Å². The summed E-state index contributed by atoms with van der Waals surface area (Å²) in [6.45, 7) is 7.08. The summed E-state index contributed by atoms with van der Waals surface area (Å²) in [4.78, 5) is 0. The molecule has 0 aromatic rings. The van der Waals surface area contributed by atoms with Gasteiger partial charge in [0.05, 0.1) is 12.1 Å². The van der Waals surface area contributed by atoms with Crippen LogP contribution in [-0.4, -0.2) is 7.11 Å². The van der Waals surface area contributed by atoms with Crippen molar-refractivity contribution in [1.82, 2.24) is 0 Å². The predicted molar refractivity (Wildman–Crippen MR) is 48.2 cm³/mol. The van der Waals surface area contributed by atoms with E-state index in [2.05, 4.69) is 29.1 Å². The van der Waals surface area contributed by atoms with E-state index in [0.717, 1.165) is 0 Å². The maximum Gasteiger partial charge on any atom is 0.137 e. The first-order chi connectivity index (χ1) is 4.57. The molecule has 56 valence electrons. The molecule has 0 saturated heterocycles. The van der Waals surface area contributed by atoms with Crippen LogP contribution >= 0.6 is 27.5 Å². The first-order valence-corrected chi connectivity index (χ1v) is 3.70. The fraction of sp³-hybridized carbons (Fsp3) is 0.143. The fourth-order valence-corrected chi connectivity index (χ4v) is 0.730. The Balaban J connectivity index is 4.34. The van der Waals surface area contributed by atoms with Crippen LogP contribution in [0.5, 0.6) is 0 Å². The Morgan fingerprint density at radius 2 is 2.10 bits per heavy atom. The monoisotopic (exact) mass is 222 g/mol. The first kappa shape index (κ1) is 9.79. The van der Waals surface area contributed by atoms with Gasteiger partial charge in [0.1, 0.15) is 5.76 Å². The van der Waals surface area contributed by atoms with Gasteiger partial charge in [-0.25, -0.2) is 0 Å². The van der Waals surface area contributed by atoms with Crippen LogP contribution < -0.4 is 0 Å². The molecule has 0 aliphatic heterocycles. The standard InChI is InChI=1S/C7H8BrClO/c1-5(8)4-7(10-3)6(2)9/h4H,1-2H2,3H3/b7-4+. The molecular formula is C7H8BrClO. The van der Waals surface area contributed by atoms with Gasteiger partial charge in [-0.2, -0.15) is 0 Å². The largest absolute Gasteiger partial charge is 0.495 e. The molecule has 0 aromatic carbocycles. The third-order valence-corrected chi connectivity index (χ3v) is 1.19. The molecule has 1 nitrogen and oxygen atoms in total. The van der Waals surface area contributed by atoms with E-state index in [0.29, 0.717) is 15.3 Å². The molecule has 0 aliphatic rings. The van der Waals surface area contributed by atoms with Crippen LogP contribution in [0.25, 0.3) is 0 Å². The van der Waals surface area contributed by atoms with Crippen molar-refractivity contribution in [2.24, 2.45) is 0 Å². The van der Waals surface area contributed by atoms with E-state index in [1.54, 1.807) is 6.08 Å².